The van der Waals surface area contributed by atoms with Gasteiger partial charge in [0, 0.05) is 11.8 Å². The molecule has 0 unspecified atom stereocenters. The largest absolute Gasteiger partial charge is 0.453 e. The van der Waals surface area contributed by atoms with E-state index in [0.717, 1.165) is 10.6 Å². The number of carbonyl (C=O) groups excluding carboxylic acids is 2. The summed E-state index contributed by atoms with van der Waals surface area (Å²) < 4.78 is 37.2. The number of para-hydroxylation sites is 1. The molecule has 0 fully saturated rings. The van der Waals surface area contributed by atoms with E-state index in [0.29, 0.717) is 17.8 Å². The van der Waals surface area contributed by atoms with Crippen molar-refractivity contribution in [3.8, 4) is 0 Å². The Kier molecular flexibility index (Phi) is 9.79. The topological polar surface area (TPSA) is 136 Å². The van der Waals surface area contributed by atoms with Crippen LogP contribution in [-0.4, -0.2) is 45.2 Å². The first kappa shape index (κ1) is 27.1. The molecule has 1 aromatic heterocycles. The molecule has 0 saturated carbocycles. The number of carbonyl (C=O) groups is 2. The lowest BCUT2D eigenvalue weighted by atomic mass is 10.0. The van der Waals surface area contributed by atoms with Gasteiger partial charge in [-0.05, 0) is 24.1 Å². The molecule has 0 saturated heterocycles. The van der Waals surface area contributed by atoms with E-state index in [1.807, 2.05) is 37.3 Å². The summed E-state index contributed by atoms with van der Waals surface area (Å²) in [5.41, 5.74) is 1.61. The molecule has 3 rings (SSSR count). The molecule has 2 aromatic carbocycles. The van der Waals surface area contributed by atoms with Gasteiger partial charge in [-0.3, -0.25) is 13.7 Å². The fraction of sp³-hybridized carbons (Fsp3) is 0.292. The zero-order chi connectivity index (χ0) is 26.0. The highest BCUT2D eigenvalue weighted by molar-refractivity contribution is 7.88. The Morgan fingerprint density at radius 1 is 1.03 bits per heavy atom. The number of benzene rings is 2. The second-order valence-electron chi connectivity index (χ2n) is 7.67. The maximum atomic E-state index is 13.2. The molecule has 12 heteroatoms. The predicted molar refractivity (Wildman–Crippen MR) is 137 cm³/mol. The fourth-order valence-electron chi connectivity index (χ4n) is 3.22. The van der Waals surface area contributed by atoms with Crippen molar-refractivity contribution < 1.29 is 26.9 Å². The first-order valence-electron chi connectivity index (χ1n) is 11.1. The number of aryl methyl sites for hydroxylation is 1. The molecule has 0 aliphatic carbocycles. The van der Waals surface area contributed by atoms with Crippen LogP contribution in [0.25, 0.3) is 0 Å². The van der Waals surface area contributed by atoms with Gasteiger partial charge in [-0.25, -0.2) is 9.78 Å². The minimum absolute atomic E-state index is 0.195. The van der Waals surface area contributed by atoms with Gasteiger partial charge in [0.15, 0.2) is 0 Å². The van der Waals surface area contributed by atoms with E-state index in [2.05, 4.69) is 25.1 Å². The van der Waals surface area contributed by atoms with E-state index >= 15 is 0 Å². The molecule has 2 amide bonds. The van der Waals surface area contributed by atoms with Crippen LogP contribution in [0.2, 0.25) is 0 Å². The van der Waals surface area contributed by atoms with Gasteiger partial charge in [-0.1, -0.05) is 55.5 Å². The summed E-state index contributed by atoms with van der Waals surface area (Å²) in [6.07, 6.45) is 0.108. The molecule has 0 aliphatic heterocycles. The quantitative estimate of drug-likeness (QED) is 0.326. The maximum Gasteiger partial charge on any atom is 0.407 e. The Morgan fingerprint density at radius 2 is 1.69 bits per heavy atom. The zero-order valence-electron chi connectivity index (χ0n) is 19.8. The number of rotatable bonds is 12. The standard InChI is InChI=1S/C24H28N4O6S2/c1-3-22-25-21(16-35-22)20(15-34-36(31,32)28-18-12-8-5-9-13-18)26-23(29)19(27-24(30)33-2)14-17-10-6-4-7-11-17/h4-13,16,19-20,28H,3,14-15H2,1-2H3,(H,26,29)(H,27,30)/t19-,20+/m0/s1. The normalized spacial score (nSPS) is 12.8. The number of hydrogen-bond donors (Lipinski definition) is 3. The van der Waals surface area contributed by atoms with Crippen LogP contribution in [0.3, 0.4) is 0 Å². The Hall–Kier alpha value is -3.48. The number of aromatic nitrogens is 1. The summed E-state index contributed by atoms with van der Waals surface area (Å²) in [6, 6.07) is 15.6. The first-order chi connectivity index (χ1) is 17.3. The molecule has 0 aliphatic rings. The molecule has 10 nitrogen and oxygen atoms in total. The van der Waals surface area contributed by atoms with Crippen molar-refractivity contribution in [2.24, 2.45) is 0 Å². The van der Waals surface area contributed by atoms with Crippen LogP contribution in [0.4, 0.5) is 10.5 Å². The fourth-order valence-corrected chi connectivity index (χ4v) is 4.82. The van der Waals surface area contributed by atoms with Crippen molar-refractivity contribution in [2.45, 2.75) is 31.8 Å². The van der Waals surface area contributed by atoms with Crippen LogP contribution in [0.15, 0.2) is 66.0 Å². The summed E-state index contributed by atoms with van der Waals surface area (Å²) in [5, 5.41) is 7.87. The Balaban J connectivity index is 1.77. The average molecular weight is 533 g/mol. The summed E-state index contributed by atoms with van der Waals surface area (Å²) in [6.45, 7) is 1.54. The lowest BCUT2D eigenvalue weighted by Gasteiger charge is -2.22. The smallest absolute Gasteiger partial charge is 0.407 e. The molecule has 192 valence electrons. The lowest BCUT2D eigenvalue weighted by Crippen LogP contribution is -2.49. The third-order valence-corrected chi connectivity index (χ3v) is 6.97. The van der Waals surface area contributed by atoms with Crippen LogP contribution in [0.5, 0.6) is 0 Å². The maximum absolute atomic E-state index is 13.2. The number of methoxy groups -OCH3 is 1. The van der Waals surface area contributed by atoms with Gasteiger partial charge in [0.05, 0.1) is 36.1 Å². The number of nitrogens with zero attached hydrogens (tertiary/aromatic N) is 1. The SMILES string of the molecule is CCc1nc([C@@H](COS(=O)(=O)Nc2ccccc2)NC(=O)[C@H](Cc2ccccc2)NC(=O)OC)cs1. The molecule has 36 heavy (non-hydrogen) atoms. The molecule has 0 spiro atoms. The summed E-state index contributed by atoms with van der Waals surface area (Å²) in [4.78, 5) is 29.6. The highest BCUT2D eigenvalue weighted by Gasteiger charge is 2.27. The molecule has 2 atom stereocenters. The van der Waals surface area contributed by atoms with Crippen LogP contribution >= 0.6 is 11.3 Å². The Labute approximate surface area is 214 Å². The van der Waals surface area contributed by atoms with Gasteiger partial charge in [0.1, 0.15) is 6.04 Å². The van der Waals surface area contributed by atoms with Gasteiger partial charge in [0.25, 0.3) is 0 Å². The van der Waals surface area contributed by atoms with Crippen LogP contribution < -0.4 is 15.4 Å². The zero-order valence-corrected chi connectivity index (χ0v) is 21.5. The monoisotopic (exact) mass is 532 g/mol. The Bertz CT molecular complexity index is 1240. The van der Waals surface area contributed by atoms with E-state index < -0.39 is 41.0 Å². The van der Waals surface area contributed by atoms with E-state index in [9.17, 15) is 18.0 Å². The van der Waals surface area contributed by atoms with Crippen molar-refractivity contribution in [3.05, 3.63) is 82.3 Å². The molecular weight excluding hydrogens is 504 g/mol. The minimum atomic E-state index is -4.18. The average Bonchev–Trinajstić information content (AvgIpc) is 3.36. The van der Waals surface area contributed by atoms with Crippen molar-refractivity contribution in [1.82, 2.24) is 15.6 Å². The molecule has 0 bridgehead atoms. The van der Waals surface area contributed by atoms with Gasteiger partial charge in [-0.15, -0.1) is 11.3 Å². The molecule has 3 N–H and O–H groups in total. The van der Waals surface area contributed by atoms with E-state index in [1.54, 1.807) is 35.7 Å². The van der Waals surface area contributed by atoms with Gasteiger partial charge in [-0.2, -0.15) is 8.42 Å². The predicted octanol–water partition coefficient (Wildman–Crippen LogP) is 3.20. The summed E-state index contributed by atoms with van der Waals surface area (Å²) in [5.74, 6) is -0.544. The number of alkyl carbamates (subject to hydrolysis) is 1. The molecule has 0 radical (unpaired) electrons. The number of ether oxygens (including phenoxy) is 1. The highest BCUT2D eigenvalue weighted by Crippen LogP contribution is 2.20. The second-order valence-corrected chi connectivity index (χ2v) is 9.96. The number of nitrogens with one attached hydrogen (secondary N) is 3. The van der Waals surface area contributed by atoms with Crippen molar-refractivity contribution in [2.75, 3.05) is 18.4 Å². The molecule has 3 aromatic rings. The molecular formula is C24H28N4O6S2. The van der Waals surface area contributed by atoms with E-state index in [1.165, 1.54) is 18.4 Å². The second kappa shape index (κ2) is 13.0. The van der Waals surface area contributed by atoms with Crippen molar-refractivity contribution >= 4 is 39.3 Å². The van der Waals surface area contributed by atoms with Crippen molar-refractivity contribution in [3.63, 3.8) is 0 Å². The van der Waals surface area contributed by atoms with Gasteiger partial charge >= 0.3 is 16.4 Å². The van der Waals surface area contributed by atoms with E-state index in [-0.39, 0.29) is 6.42 Å². The minimum Gasteiger partial charge on any atom is -0.453 e. The molecule has 1 heterocycles. The van der Waals surface area contributed by atoms with Crippen LogP contribution in [-0.2, 0) is 36.9 Å². The van der Waals surface area contributed by atoms with Gasteiger partial charge in [0.2, 0.25) is 5.91 Å². The first-order valence-corrected chi connectivity index (χ1v) is 13.4. The van der Waals surface area contributed by atoms with Gasteiger partial charge < -0.3 is 15.4 Å². The van der Waals surface area contributed by atoms with Crippen LogP contribution in [0.1, 0.15) is 29.2 Å². The van der Waals surface area contributed by atoms with Crippen molar-refractivity contribution in [1.29, 1.82) is 0 Å². The summed E-state index contributed by atoms with van der Waals surface area (Å²) >= 11 is 1.39. The highest BCUT2D eigenvalue weighted by atomic mass is 32.2. The number of anilines is 1. The Morgan fingerprint density at radius 3 is 2.31 bits per heavy atom. The number of hydrogen-bond acceptors (Lipinski definition) is 8. The number of amides is 2. The van der Waals surface area contributed by atoms with E-state index in [4.69, 9.17) is 4.18 Å². The summed E-state index contributed by atoms with van der Waals surface area (Å²) in [7, 11) is -2.98. The van der Waals surface area contributed by atoms with Crippen LogP contribution in [0, 0.1) is 0 Å². The number of thiazole rings is 1. The lowest BCUT2D eigenvalue weighted by molar-refractivity contribution is -0.124. The third-order valence-electron chi connectivity index (χ3n) is 5.03. The third kappa shape index (κ3) is 8.33.